The van der Waals surface area contributed by atoms with E-state index in [2.05, 4.69) is 27.9 Å². The van der Waals surface area contributed by atoms with E-state index in [1.807, 2.05) is 55.5 Å². The van der Waals surface area contributed by atoms with Gasteiger partial charge in [-0.15, -0.1) is 0 Å². The van der Waals surface area contributed by atoms with E-state index < -0.39 is 0 Å². The van der Waals surface area contributed by atoms with Gasteiger partial charge in [-0.2, -0.15) is 0 Å². The SMILES string of the molecule is Cc1ccc(OCCC(=O)Nc2ccc(I)cc2)cc1. The molecule has 0 radical (unpaired) electrons. The second kappa shape index (κ2) is 7.28. The molecule has 0 saturated carbocycles. The van der Waals surface area contributed by atoms with Crippen molar-refractivity contribution in [2.24, 2.45) is 0 Å². The predicted octanol–water partition coefficient (Wildman–Crippen LogP) is 4.01. The molecular formula is C16H16INO2. The van der Waals surface area contributed by atoms with Gasteiger partial charge in [0, 0.05) is 9.26 Å². The molecule has 0 bridgehead atoms. The summed E-state index contributed by atoms with van der Waals surface area (Å²) in [5, 5.41) is 2.84. The molecule has 2 aromatic rings. The summed E-state index contributed by atoms with van der Waals surface area (Å²) < 4.78 is 6.67. The number of aryl methyl sites for hydroxylation is 1. The summed E-state index contributed by atoms with van der Waals surface area (Å²) in [5.41, 5.74) is 2.00. The number of amides is 1. The first-order valence-electron chi connectivity index (χ1n) is 6.38. The molecule has 0 unspecified atom stereocenters. The Balaban J connectivity index is 1.75. The summed E-state index contributed by atoms with van der Waals surface area (Å²) in [6, 6.07) is 15.5. The molecule has 0 atom stereocenters. The third-order valence-corrected chi connectivity index (χ3v) is 3.47. The molecule has 0 spiro atoms. The van der Waals surface area contributed by atoms with Crippen molar-refractivity contribution in [1.29, 1.82) is 0 Å². The minimum Gasteiger partial charge on any atom is -0.493 e. The molecule has 2 aromatic carbocycles. The van der Waals surface area contributed by atoms with Gasteiger partial charge in [0.1, 0.15) is 5.75 Å². The number of benzene rings is 2. The maximum atomic E-state index is 11.7. The quantitative estimate of drug-likeness (QED) is 0.795. The Hall–Kier alpha value is -1.56. The number of rotatable bonds is 5. The van der Waals surface area contributed by atoms with E-state index in [0.29, 0.717) is 13.0 Å². The highest BCUT2D eigenvalue weighted by atomic mass is 127. The zero-order chi connectivity index (χ0) is 14.4. The molecule has 0 aromatic heterocycles. The lowest BCUT2D eigenvalue weighted by Crippen LogP contribution is -2.15. The van der Waals surface area contributed by atoms with Gasteiger partial charge in [0.05, 0.1) is 13.0 Å². The normalized spacial score (nSPS) is 10.1. The molecule has 1 N–H and O–H groups in total. The lowest BCUT2D eigenvalue weighted by atomic mass is 10.2. The van der Waals surface area contributed by atoms with Crippen molar-refractivity contribution < 1.29 is 9.53 Å². The Morgan fingerprint density at radius 1 is 1.10 bits per heavy atom. The number of carbonyl (C=O) groups excluding carboxylic acids is 1. The van der Waals surface area contributed by atoms with Crippen LogP contribution in [-0.4, -0.2) is 12.5 Å². The third-order valence-electron chi connectivity index (χ3n) is 2.75. The Labute approximate surface area is 132 Å². The van der Waals surface area contributed by atoms with Gasteiger partial charge in [-0.3, -0.25) is 4.79 Å². The molecule has 0 heterocycles. The van der Waals surface area contributed by atoms with Crippen molar-refractivity contribution in [2.45, 2.75) is 13.3 Å². The van der Waals surface area contributed by atoms with Crippen LogP contribution in [0.15, 0.2) is 48.5 Å². The zero-order valence-corrected chi connectivity index (χ0v) is 13.4. The molecule has 0 aliphatic heterocycles. The van der Waals surface area contributed by atoms with E-state index in [1.165, 1.54) is 5.56 Å². The van der Waals surface area contributed by atoms with Crippen LogP contribution < -0.4 is 10.1 Å². The number of halogens is 1. The first-order valence-corrected chi connectivity index (χ1v) is 7.46. The molecule has 0 aliphatic carbocycles. The van der Waals surface area contributed by atoms with Gasteiger partial charge in [0.15, 0.2) is 0 Å². The van der Waals surface area contributed by atoms with Crippen molar-refractivity contribution in [1.82, 2.24) is 0 Å². The Kier molecular flexibility index (Phi) is 5.40. The molecule has 4 heteroatoms. The van der Waals surface area contributed by atoms with Crippen LogP contribution in [-0.2, 0) is 4.79 Å². The first kappa shape index (κ1) is 14.8. The van der Waals surface area contributed by atoms with Crippen molar-refractivity contribution in [3.05, 3.63) is 57.7 Å². The van der Waals surface area contributed by atoms with Crippen molar-refractivity contribution >= 4 is 34.2 Å². The van der Waals surface area contributed by atoms with E-state index in [9.17, 15) is 4.79 Å². The van der Waals surface area contributed by atoms with Crippen LogP contribution in [0, 0.1) is 10.5 Å². The fraction of sp³-hybridized carbons (Fsp3) is 0.188. The van der Waals surface area contributed by atoms with Gasteiger partial charge >= 0.3 is 0 Å². The fourth-order valence-corrected chi connectivity index (χ4v) is 2.01. The van der Waals surface area contributed by atoms with Crippen molar-refractivity contribution in [2.75, 3.05) is 11.9 Å². The number of nitrogens with one attached hydrogen (secondary N) is 1. The van der Waals surface area contributed by atoms with Crippen LogP contribution in [0.4, 0.5) is 5.69 Å². The highest BCUT2D eigenvalue weighted by Crippen LogP contribution is 2.13. The summed E-state index contributed by atoms with van der Waals surface area (Å²) in [7, 11) is 0. The highest BCUT2D eigenvalue weighted by molar-refractivity contribution is 14.1. The molecule has 104 valence electrons. The topological polar surface area (TPSA) is 38.3 Å². The molecule has 0 aliphatic rings. The van der Waals surface area contributed by atoms with E-state index in [-0.39, 0.29) is 5.91 Å². The largest absolute Gasteiger partial charge is 0.493 e. The smallest absolute Gasteiger partial charge is 0.227 e. The number of ether oxygens (including phenoxy) is 1. The summed E-state index contributed by atoms with van der Waals surface area (Å²) in [6.45, 7) is 2.40. The predicted molar refractivity (Wildman–Crippen MR) is 89.1 cm³/mol. The lowest BCUT2D eigenvalue weighted by molar-refractivity contribution is -0.116. The highest BCUT2D eigenvalue weighted by Gasteiger charge is 2.03. The Morgan fingerprint density at radius 2 is 1.75 bits per heavy atom. The van der Waals surface area contributed by atoms with Crippen LogP contribution in [0.2, 0.25) is 0 Å². The van der Waals surface area contributed by atoms with Crippen LogP contribution in [0.25, 0.3) is 0 Å². The van der Waals surface area contributed by atoms with E-state index in [0.717, 1.165) is 15.0 Å². The van der Waals surface area contributed by atoms with Crippen LogP contribution in [0.5, 0.6) is 5.75 Å². The molecule has 20 heavy (non-hydrogen) atoms. The van der Waals surface area contributed by atoms with Gasteiger partial charge in [-0.25, -0.2) is 0 Å². The van der Waals surface area contributed by atoms with E-state index >= 15 is 0 Å². The van der Waals surface area contributed by atoms with E-state index in [1.54, 1.807) is 0 Å². The standard InChI is InChI=1S/C16H16INO2/c1-12-2-8-15(9-3-12)20-11-10-16(19)18-14-6-4-13(17)5-7-14/h2-9H,10-11H2,1H3,(H,18,19). The number of anilines is 1. The van der Waals surface area contributed by atoms with Gasteiger partial charge < -0.3 is 10.1 Å². The number of hydrogen-bond acceptors (Lipinski definition) is 2. The minimum atomic E-state index is -0.0432. The fourth-order valence-electron chi connectivity index (χ4n) is 1.65. The molecule has 0 saturated heterocycles. The monoisotopic (exact) mass is 381 g/mol. The van der Waals surface area contributed by atoms with Gasteiger partial charge in [-0.1, -0.05) is 17.7 Å². The summed E-state index contributed by atoms with van der Waals surface area (Å²) in [5.74, 6) is 0.746. The van der Waals surface area contributed by atoms with Crippen molar-refractivity contribution in [3.63, 3.8) is 0 Å². The average molecular weight is 381 g/mol. The first-order chi connectivity index (χ1) is 9.63. The maximum Gasteiger partial charge on any atom is 0.227 e. The minimum absolute atomic E-state index is 0.0432. The second-order valence-corrected chi connectivity index (χ2v) is 5.71. The molecule has 2 rings (SSSR count). The summed E-state index contributed by atoms with van der Waals surface area (Å²) >= 11 is 2.23. The Morgan fingerprint density at radius 3 is 2.40 bits per heavy atom. The van der Waals surface area contributed by atoms with Gasteiger partial charge in [0.25, 0.3) is 0 Å². The molecular weight excluding hydrogens is 365 g/mol. The van der Waals surface area contributed by atoms with Gasteiger partial charge in [0.2, 0.25) is 5.91 Å². The summed E-state index contributed by atoms with van der Waals surface area (Å²) in [6.07, 6.45) is 0.333. The lowest BCUT2D eigenvalue weighted by Gasteiger charge is -2.07. The molecule has 1 amide bonds. The van der Waals surface area contributed by atoms with Crippen LogP contribution >= 0.6 is 22.6 Å². The number of hydrogen-bond donors (Lipinski definition) is 1. The van der Waals surface area contributed by atoms with Crippen LogP contribution in [0.1, 0.15) is 12.0 Å². The van der Waals surface area contributed by atoms with Crippen molar-refractivity contribution in [3.8, 4) is 5.75 Å². The zero-order valence-electron chi connectivity index (χ0n) is 11.2. The summed E-state index contributed by atoms with van der Waals surface area (Å²) in [4.78, 5) is 11.7. The maximum absolute atomic E-state index is 11.7. The Bertz CT molecular complexity index is 564. The average Bonchev–Trinajstić information content (AvgIpc) is 2.44. The van der Waals surface area contributed by atoms with E-state index in [4.69, 9.17) is 4.74 Å². The molecule has 0 fully saturated rings. The molecule has 3 nitrogen and oxygen atoms in total. The third kappa shape index (κ3) is 4.85. The van der Waals surface area contributed by atoms with Gasteiger partial charge in [-0.05, 0) is 65.9 Å². The second-order valence-electron chi connectivity index (χ2n) is 4.47. The van der Waals surface area contributed by atoms with Crippen LogP contribution in [0.3, 0.4) is 0 Å². The number of carbonyl (C=O) groups is 1.